The smallest absolute Gasteiger partial charge is 0.357 e. The molecule has 0 saturated heterocycles. The second kappa shape index (κ2) is 6.52. The third kappa shape index (κ3) is 3.35. The van der Waals surface area contributed by atoms with Gasteiger partial charge in [0.25, 0.3) is 11.5 Å². The average Bonchev–Trinajstić information content (AvgIpc) is 3.33. The van der Waals surface area contributed by atoms with Crippen LogP contribution in [0, 0.1) is 0 Å². The van der Waals surface area contributed by atoms with Gasteiger partial charge in [-0.25, -0.2) is 14.5 Å². The predicted octanol–water partition coefficient (Wildman–Crippen LogP) is 1.56. The highest BCUT2D eigenvalue weighted by Gasteiger charge is 2.27. The maximum absolute atomic E-state index is 12.4. The van der Waals surface area contributed by atoms with Gasteiger partial charge in [-0.2, -0.15) is 5.10 Å². The lowest BCUT2D eigenvalue weighted by Gasteiger charge is -2.13. The largest absolute Gasteiger partial charge is 0.464 e. The number of esters is 1. The fourth-order valence-electron chi connectivity index (χ4n) is 2.16. The molecule has 8 nitrogen and oxygen atoms in total. The molecule has 0 spiro atoms. The lowest BCUT2D eigenvalue weighted by atomic mass is 10.2. The maximum atomic E-state index is 12.4. The van der Waals surface area contributed by atoms with Gasteiger partial charge in [-0.1, -0.05) is 0 Å². The Morgan fingerprint density at radius 2 is 2.17 bits per heavy atom. The Morgan fingerprint density at radius 3 is 2.83 bits per heavy atom. The van der Waals surface area contributed by atoms with E-state index in [1.807, 2.05) is 0 Å². The van der Waals surface area contributed by atoms with Crippen molar-refractivity contribution >= 4 is 28.3 Å². The van der Waals surface area contributed by atoms with E-state index in [0.29, 0.717) is 5.92 Å². The molecule has 0 aliphatic heterocycles. The van der Waals surface area contributed by atoms with E-state index in [2.05, 4.69) is 20.1 Å². The first kappa shape index (κ1) is 16.3. The van der Waals surface area contributed by atoms with Crippen molar-refractivity contribution in [2.24, 2.45) is 0 Å². The number of methoxy groups -OCH3 is 1. The lowest BCUT2D eigenvalue weighted by Crippen LogP contribution is -2.33. The van der Waals surface area contributed by atoms with E-state index >= 15 is 0 Å². The lowest BCUT2D eigenvalue weighted by molar-refractivity contribution is -0.119. The molecule has 0 radical (unpaired) electrons. The zero-order valence-corrected chi connectivity index (χ0v) is 14.0. The standard InChI is InChI=1S/C15H16N4O4S/c1-8(19-12(20)6-5-10(18-19)9-3-4-9)13(21)17-15-16-11(7-24-15)14(22)23-2/h5-9H,3-4H2,1-2H3,(H,16,17,21). The van der Waals surface area contributed by atoms with Gasteiger partial charge in [0, 0.05) is 17.4 Å². The van der Waals surface area contributed by atoms with Crippen LogP contribution in [0.5, 0.6) is 0 Å². The summed E-state index contributed by atoms with van der Waals surface area (Å²) in [6.07, 6.45) is 2.11. The number of carbonyl (C=O) groups is 2. The molecule has 126 valence electrons. The molecule has 2 aromatic rings. The average molecular weight is 348 g/mol. The number of nitrogens with zero attached hydrogens (tertiary/aromatic N) is 3. The molecule has 1 N–H and O–H groups in total. The maximum Gasteiger partial charge on any atom is 0.357 e. The predicted molar refractivity (Wildman–Crippen MR) is 87.3 cm³/mol. The molecule has 1 amide bonds. The van der Waals surface area contributed by atoms with Crippen LogP contribution in [0.15, 0.2) is 22.3 Å². The first-order valence-corrected chi connectivity index (χ1v) is 8.32. The van der Waals surface area contributed by atoms with Crippen molar-refractivity contribution in [2.45, 2.75) is 31.7 Å². The van der Waals surface area contributed by atoms with E-state index in [1.165, 1.54) is 23.2 Å². The Balaban J connectivity index is 1.75. The Hall–Kier alpha value is -2.55. The van der Waals surface area contributed by atoms with Crippen LogP contribution in [-0.2, 0) is 9.53 Å². The molecule has 3 rings (SSSR count). The van der Waals surface area contributed by atoms with E-state index in [4.69, 9.17) is 0 Å². The molecular formula is C15H16N4O4S. The number of carbonyl (C=O) groups excluding carboxylic acids is 2. The molecule has 0 aromatic carbocycles. The Labute approximate surface area is 141 Å². The third-order valence-electron chi connectivity index (χ3n) is 3.72. The number of nitrogens with one attached hydrogen (secondary N) is 1. The van der Waals surface area contributed by atoms with Crippen molar-refractivity contribution in [2.75, 3.05) is 12.4 Å². The number of aromatic nitrogens is 3. The molecule has 0 bridgehead atoms. The van der Waals surface area contributed by atoms with Crippen LogP contribution in [0.25, 0.3) is 0 Å². The van der Waals surface area contributed by atoms with Crippen molar-refractivity contribution < 1.29 is 14.3 Å². The Kier molecular flexibility index (Phi) is 4.43. The van der Waals surface area contributed by atoms with Crippen molar-refractivity contribution in [3.05, 3.63) is 39.3 Å². The molecular weight excluding hydrogens is 332 g/mol. The van der Waals surface area contributed by atoms with Gasteiger partial charge in [-0.3, -0.25) is 9.59 Å². The van der Waals surface area contributed by atoms with E-state index < -0.39 is 17.9 Å². The van der Waals surface area contributed by atoms with E-state index in [1.54, 1.807) is 13.0 Å². The topological polar surface area (TPSA) is 103 Å². The summed E-state index contributed by atoms with van der Waals surface area (Å²) in [5, 5.41) is 8.64. The molecule has 1 atom stereocenters. The quantitative estimate of drug-likeness (QED) is 0.823. The van der Waals surface area contributed by atoms with Gasteiger partial charge in [0.2, 0.25) is 0 Å². The van der Waals surface area contributed by atoms with Gasteiger partial charge in [0.15, 0.2) is 10.8 Å². The molecule has 2 aromatic heterocycles. The number of rotatable bonds is 5. The van der Waals surface area contributed by atoms with Crippen LogP contribution in [0.3, 0.4) is 0 Å². The van der Waals surface area contributed by atoms with Gasteiger partial charge in [-0.15, -0.1) is 11.3 Å². The van der Waals surface area contributed by atoms with Crippen LogP contribution in [0.2, 0.25) is 0 Å². The molecule has 1 aliphatic carbocycles. The van der Waals surface area contributed by atoms with E-state index in [9.17, 15) is 14.4 Å². The van der Waals surface area contributed by atoms with E-state index in [-0.39, 0.29) is 16.4 Å². The van der Waals surface area contributed by atoms with Crippen molar-refractivity contribution in [3.8, 4) is 0 Å². The van der Waals surface area contributed by atoms with Gasteiger partial charge in [0.1, 0.15) is 6.04 Å². The molecule has 9 heteroatoms. The molecule has 1 saturated carbocycles. The SMILES string of the molecule is COC(=O)c1csc(NC(=O)C(C)n2nc(C3CC3)ccc2=O)n1. The highest BCUT2D eigenvalue weighted by atomic mass is 32.1. The van der Waals surface area contributed by atoms with Crippen LogP contribution in [0.4, 0.5) is 5.13 Å². The zero-order chi connectivity index (χ0) is 17.3. The highest BCUT2D eigenvalue weighted by molar-refractivity contribution is 7.14. The minimum absolute atomic E-state index is 0.122. The van der Waals surface area contributed by atoms with Gasteiger partial charge >= 0.3 is 5.97 Å². The Bertz CT molecular complexity index is 840. The minimum Gasteiger partial charge on any atom is -0.464 e. The summed E-state index contributed by atoms with van der Waals surface area (Å²) in [6, 6.07) is 2.36. The molecule has 1 unspecified atom stereocenters. The zero-order valence-electron chi connectivity index (χ0n) is 13.2. The second-order valence-corrected chi connectivity index (χ2v) is 6.37. The number of anilines is 1. The number of thiazole rings is 1. The summed E-state index contributed by atoms with van der Waals surface area (Å²) in [4.78, 5) is 39.7. The molecule has 1 aliphatic rings. The van der Waals surface area contributed by atoms with Crippen molar-refractivity contribution in [1.82, 2.24) is 14.8 Å². The summed E-state index contributed by atoms with van der Waals surface area (Å²) < 4.78 is 5.74. The number of hydrogen-bond acceptors (Lipinski definition) is 7. The highest BCUT2D eigenvalue weighted by Crippen LogP contribution is 2.38. The van der Waals surface area contributed by atoms with Gasteiger partial charge < -0.3 is 10.1 Å². The van der Waals surface area contributed by atoms with Gasteiger partial charge in [-0.05, 0) is 25.8 Å². The number of ether oxygens (including phenoxy) is 1. The normalized spacial score (nSPS) is 14.9. The van der Waals surface area contributed by atoms with Crippen LogP contribution >= 0.6 is 11.3 Å². The molecule has 1 fully saturated rings. The van der Waals surface area contributed by atoms with Crippen molar-refractivity contribution in [1.29, 1.82) is 0 Å². The third-order valence-corrected chi connectivity index (χ3v) is 4.47. The first-order chi connectivity index (χ1) is 11.5. The van der Waals surface area contributed by atoms with Crippen LogP contribution in [-0.4, -0.2) is 33.8 Å². The van der Waals surface area contributed by atoms with Crippen molar-refractivity contribution in [3.63, 3.8) is 0 Å². The Morgan fingerprint density at radius 1 is 1.42 bits per heavy atom. The molecule has 24 heavy (non-hydrogen) atoms. The number of amides is 1. The van der Waals surface area contributed by atoms with Gasteiger partial charge in [0.05, 0.1) is 12.8 Å². The fraction of sp³-hybridized carbons (Fsp3) is 0.400. The summed E-state index contributed by atoms with van der Waals surface area (Å²) in [6.45, 7) is 1.59. The first-order valence-electron chi connectivity index (χ1n) is 7.44. The second-order valence-electron chi connectivity index (χ2n) is 5.51. The number of hydrogen-bond donors (Lipinski definition) is 1. The monoisotopic (exact) mass is 348 g/mol. The minimum atomic E-state index is -0.790. The summed E-state index contributed by atoms with van der Waals surface area (Å²) in [5.41, 5.74) is 0.615. The van der Waals surface area contributed by atoms with Crippen LogP contribution in [0.1, 0.15) is 47.9 Å². The molecule has 2 heterocycles. The summed E-state index contributed by atoms with van der Waals surface area (Å²) >= 11 is 1.10. The van der Waals surface area contributed by atoms with E-state index in [0.717, 1.165) is 29.9 Å². The summed E-state index contributed by atoms with van der Waals surface area (Å²) in [7, 11) is 1.26. The summed E-state index contributed by atoms with van der Waals surface area (Å²) in [5.74, 6) is -0.619. The fourth-order valence-corrected chi connectivity index (χ4v) is 2.85. The van der Waals surface area contributed by atoms with Crippen LogP contribution < -0.4 is 10.9 Å².